The number of amides is 1. The highest BCUT2D eigenvalue weighted by atomic mass is 32.1. The van der Waals surface area contributed by atoms with Crippen molar-refractivity contribution in [1.82, 2.24) is 4.90 Å². The van der Waals surface area contributed by atoms with E-state index in [1.165, 1.54) is 4.88 Å². The lowest BCUT2D eigenvalue weighted by molar-refractivity contribution is -0.117. The van der Waals surface area contributed by atoms with Crippen LogP contribution in [0.5, 0.6) is 0 Å². The number of carbonyl (C=O) groups excluding carboxylic acids is 1. The lowest BCUT2D eigenvalue weighted by Crippen LogP contribution is -2.31. The zero-order valence-electron chi connectivity index (χ0n) is 11.0. The number of carbonyl (C=O) groups is 1. The Balaban J connectivity index is 1.72. The van der Waals surface area contributed by atoms with Gasteiger partial charge in [0.15, 0.2) is 0 Å². The standard InChI is InChI=1S/C15H18N2OS/c1-17(10-9-14-8-5-11-19-14)12-15(18)16-13-6-3-2-4-7-13/h2-8,11H,9-10,12H2,1H3,(H,16,18). The molecule has 1 aromatic carbocycles. The van der Waals surface area contributed by atoms with Gasteiger partial charge in [-0.1, -0.05) is 24.3 Å². The molecule has 0 aliphatic rings. The highest BCUT2D eigenvalue weighted by Crippen LogP contribution is 2.09. The van der Waals surface area contributed by atoms with Crippen molar-refractivity contribution in [2.24, 2.45) is 0 Å². The molecule has 0 bridgehead atoms. The molecule has 1 aromatic heterocycles. The van der Waals surface area contributed by atoms with Gasteiger partial charge in [0.1, 0.15) is 0 Å². The van der Waals surface area contributed by atoms with E-state index in [9.17, 15) is 4.79 Å². The molecule has 1 N–H and O–H groups in total. The molecule has 0 aliphatic heterocycles. The van der Waals surface area contributed by atoms with Crippen molar-refractivity contribution in [3.8, 4) is 0 Å². The Morgan fingerprint density at radius 3 is 2.68 bits per heavy atom. The van der Waals surface area contributed by atoms with Crippen molar-refractivity contribution < 1.29 is 4.79 Å². The second kappa shape index (κ2) is 7.07. The Hall–Kier alpha value is -1.65. The van der Waals surface area contributed by atoms with Crippen LogP contribution in [0.2, 0.25) is 0 Å². The normalized spacial score (nSPS) is 10.6. The quantitative estimate of drug-likeness (QED) is 0.878. The molecule has 0 fully saturated rings. The number of nitrogens with zero attached hydrogens (tertiary/aromatic N) is 1. The molecule has 0 radical (unpaired) electrons. The monoisotopic (exact) mass is 274 g/mol. The second-order valence-corrected chi connectivity index (χ2v) is 5.51. The number of nitrogens with one attached hydrogen (secondary N) is 1. The van der Waals surface area contributed by atoms with Gasteiger partial charge >= 0.3 is 0 Å². The van der Waals surface area contributed by atoms with Crippen molar-refractivity contribution in [2.75, 3.05) is 25.5 Å². The molecule has 1 amide bonds. The molecule has 100 valence electrons. The van der Waals surface area contributed by atoms with Crippen LogP contribution < -0.4 is 5.32 Å². The van der Waals surface area contributed by atoms with Gasteiger partial charge in [-0.05, 0) is 37.0 Å². The Kier molecular flexibility index (Phi) is 5.12. The first kappa shape index (κ1) is 13.8. The van der Waals surface area contributed by atoms with Crippen LogP contribution >= 0.6 is 11.3 Å². The smallest absolute Gasteiger partial charge is 0.238 e. The van der Waals surface area contributed by atoms with Gasteiger partial charge in [-0.15, -0.1) is 11.3 Å². The van der Waals surface area contributed by atoms with Gasteiger partial charge in [0, 0.05) is 17.1 Å². The van der Waals surface area contributed by atoms with Gasteiger partial charge < -0.3 is 5.32 Å². The Morgan fingerprint density at radius 2 is 2.00 bits per heavy atom. The molecule has 0 saturated heterocycles. The summed E-state index contributed by atoms with van der Waals surface area (Å²) in [6.45, 7) is 1.31. The average molecular weight is 274 g/mol. The maximum Gasteiger partial charge on any atom is 0.238 e. The molecular formula is C15H18N2OS. The molecular weight excluding hydrogens is 256 g/mol. The van der Waals surface area contributed by atoms with Gasteiger partial charge in [-0.25, -0.2) is 0 Å². The fourth-order valence-corrected chi connectivity index (χ4v) is 2.50. The molecule has 1 heterocycles. The molecule has 2 aromatic rings. The van der Waals surface area contributed by atoms with Gasteiger partial charge in [-0.3, -0.25) is 9.69 Å². The first-order valence-corrected chi connectivity index (χ1v) is 7.18. The summed E-state index contributed by atoms with van der Waals surface area (Å²) in [4.78, 5) is 15.2. The fraction of sp³-hybridized carbons (Fsp3) is 0.267. The van der Waals surface area contributed by atoms with Crippen molar-refractivity contribution in [3.05, 3.63) is 52.7 Å². The molecule has 0 atom stereocenters. The van der Waals surface area contributed by atoms with Gasteiger partial charge in [0.25, 0.3) is 0 Å². The van der Waals surface area contributed by atoms with Gasteiger partial charge in [0.2, 0.25) is 5.91 Å². The third-order valence-corrected chi connectivity index (χ3v) is 3.73. The number of benzene rings is 1. The van der Waals surface area contributed by atoms with Crippen LogP contribution in [-0.4, -0.2) is 30.9 Å². The summed E-state index contributed by atoms with van der Waals surface area (Å²) in [7, 11) is 1.97. The van der Waals surface area contributed by atoms with E-state index in [2.05, 4.69) is 22.8 Å². The zero-order chi connectivity index (χ0) is 13.5. The lowest BCUT2D eigenvalue weighted by Gasteiger charge is -2.15. The van der Waals surface area contributed by atoms with Crippen LogP contribution in [0.1, 0.15) is 4.88 Å². The number of hydrogen-bond acceptors (Lipinski definition) is 3. The zero-order valence-corrected chi connectivity index (χ0v) is 11.8. The largest absolute Gasteiger partial charge is 0.325 e. The third-order valence-electron chi connectivity index (χ3n) is 2.79. The highest BCUT2D eigenvalue weighted by Gasteiger charge is 2.07. The Morgan fingerprint density at radius 1 is 1.21 bits per heavy atom. The lowest BCUT2D eigenvalue weighted by atomic mass is 10.3. The number of thiophene rings is 1. The average Bonchev–Trinajstić information content (AvgIpc) is 2.90. The van der Waals surface area contributed by atoms with Gasteiger partial charge in [0.05, 0.1) is 6.54 Å². The van der Waals surface area contributed by atoms with E-state index >= 15 is 0 Å². The minimum atomic E-state index is 0.0277. The molecule has 4 heteroatoms. The van der Waals surface area contributed by atoms with Crippen LogP contribution in [-0.2, 0) is 11.2 Å². The summed E-state index contributed by atoms with van der Waals surface area (Å²) in [6, 6.07) is 13.7. The van der Waals surface area contributed by atoms with E-state index in [0.717, 1.165) is 18.7 Å². The predicted octanol–water partition coefficient (Wildman–Crippen LogP) is 2.86. The fourth-order valence-electron chi connectivity index (χ4n) is 1.80. The SMILES string of the molecule is CN(CCc1cccs1)CC(=O)Nc1ccccc1. The van der Waals surface area contributed by atoms with Crippen LogP contribution in [0.3, 0.4) is 0 Å². The summed E-state index contributed by atoms with van der Waals surface area (Å²) >= 11 is 1.76. The number of para-hydroxylation sites is 1. The molecule has 19 heavy (non-hydrogen) atoms. The summed E-state index contributed by atoms with van der Waals surface area (Å²) in [5.41, 5.74) is 0.846. The molecule has 2 rings (SSSR count). The highest BCUT2D eigenvalue weighted by molar-refractivity contribution is 7.09. The van der Waals surface area contributed by atoms with Crippen molar-refractivity contribution in [3.63, 3.8) is 0 Å². The first-order valence-electron chi connectivity index (χ1n) is 6.30. The van der Waals surface area contributed by atoms with Gasteiger partial charge in [-0.2, -0.15) is 0 Å². The molecule has 0 unspecified atom stereocenters. The van der Waals surface area contributed by atoms with Crippen LogP contribution in [0.15, 0.2) is 47.8 Å². The van der Waals surface area contributed by atoms with Crippen molar-refractivity contribution >= 4 is 22.9 Å². The minimum Gasteiger partial charge on any atom is -0.325 e. The van der Waals surface area contributed by atoms with E-state index < -0.39 is 0 Å². The Labute approximate surface area is 117 Å². The number of likely N-dealkylation sites (N-methyl/N-ethyl adjacent to an activating group) is 1. The maximum absolute atomic E-state index is 11.8. The van der Waals surface area contributed by atoms with Crippen LogP contribution in [0.4, 0.5) is 5.69 Å². The number of rotatable bonds is 6. The van der Waals surface area contributed by atoms with Crippen LogP contribution in [0.25, 0.3) is 0 Å². The molecule has 0 saturated carbocycles. The number of anilines is 1. The molecule has 0 spiro atoms. The maximum atomic E-state index is 11.8. The van der Waals surface area contributed by atoms with E-state index in [1.807, 2.05) is 42.3 Å². The van der Waals surface area contributed by atoms with E-state index in [1.54, 1.807) is 11.3 Å². The van der Waals surface area contributed by atoms with Crippen LogP contribution in [0, 0.1) is 0 Å². The second-order valence-electron chi connectivity index (χ2n) is 4.48. The Bertz CT molecular complexity index is 496. The minimum absolute atomic E-state index is 0.0277. The number of hydrogen-bond donors (Lipinski definition) is 1. The van der Waals surface area contributed by atoms with E-state index in [-0.39, 0.29) is 5.91 Å². The van der Waals surface area contributed by atoms with E-state index in [0.29, 0.717) is 6.54 Å². The predicted molar refractivity (Wildman–Crippen MR) is 80.6 cm³/mol. The van der Waals surface area contributed by atoms with Crippen molar-refractivity contribution in [1.29, 1.82) is 0 Å². The third kappa shape index (κ3) is 4.85. The molecule has 3 nitrogen and oxygen atoms in total. The summed E-state index contributed by atoms with van der Waals surface area (Å²) < 4.78 is 0. The molecule has 0 aliphatic carbocycles. The van der Waals surface area contributed by atoms with Crippen molar-refractivity contribution in [2.45, 2.75) is 6.42 Å². The summed E-state index contributed by atoms with van der Waals surface area (Å²) in [5.74, 6) is 0.0277. The summed E-state index contributed by atoms with van der Waals surface area (Å²) in [5, 5.41) is 4.97. The van der Waals surface area contributed by atoms with E-state index in [4.69, 9.17) is 0 Å². The first-order chi connectivity index (χ1) is 9.24. The summed E-state index contributed by atoms with van der Waals surface area (Å²) in [6.07, 6.45) is 0.993. The topological polar surface area (TPSA) is 32.3 Å².